The molecule has 0 aromatic heterocycles. The van der Waals surface area contributed by atoms with Crippen LogP contribution in [0.1, 0.15) is 37.0 Å². The van der Waals surface area contributed by atoms with E-state index in [-0.39, 0.29) is 42.6 Å². The minimum atomic E-state index is 0. The molecule has 0 saturated carbocycles. The second-order valence-corrected chi connectivity index (χ2v) is 6.21. The molecular formula is C16H19Cl3Ti. The number of benzene rings is 1. The molecule has 20 heavy (non-hydrogen) atoms. The average Bonchev–Trinajstić information content (AvgIpc) is 2.69. The van der Waals surface area contributed by atoms with E-state index in [0.29, 0.717) is 0 Å². The number of hydrogen-bond donors (Lipinski definition) is 0. The Hall–Kier alpha value is 0.284. The fraction of sp³-hybridized carbons (Fsp3) is 0.375. The summed E-state index contributed by atoms with van der Waals surface area (Å²) in [5.74, 6) is 0. The van der Waals surface area contributed by atoms with Gasteiger partial charge >= 0.3 is 116 Å². The van der Waals surface area contributed by atoms with E-state index in [0.717, 1.165) is 6.42 Å². The van der Waals surface area contributed by atoms with Gasteiger partial charge in [0, 0.05) is 0 Å². The Morgan fingerprint density at radius 1 is 1.05 bits per heavy atom. The van der Waals surface area contributed by atoms with Gasteiger partial charge in [-0.1, -0.05) is 0 Å². The van der Waals surface area contributed by atoms with Crippen molar-refractivity contribution in [1.82, 2.24) is 0 Å². The zero-order valence-electron chi connectivity index (χ0n) is 12.2. The van der Waals surface area contributed by atoms with Crippen LogP contribution in [0.3, 0.4) is 0 Å². The van der Waals surface area contributed by atoms with Gasteiger partial charge in [-0.25, -0.2) is 0 Å². The van der Waals surface area contributed by atoms with Gasteiger partial charge in [0.1, 0.15) is 0 Å². The van der Waals surface area contributed by atoms with Gasteiger partial charge in [-0.15, -0.1) is 0 Å². The standard InChI is InChI=1S/C16H19.3ClH.Ti/c1-12-8-7-11-15(13(12)2)16(3,4)14-9-5-6-10-14;;;;/h5-8,11H,9H2,1-4H3;3*1H;/q;;;;+3/p-3. The Bertz CT molecular complexity index is 516. The van der Waals surface area contributed by atoms with Crippen molar-refractivity contribution in [3.63, 3.8) is 0 Å². The van der Waals surface area contributed by atoms with Crippen LogP contribution < -0.4 is 37.2 Å². The average molecular weight is 366 g/mol. The van der Waals surface area contributed by atoms with Crippen LogP contribution in [-0.4, -0.2) is 0 Å². The Morgan fingerprint density at radius 3 is 2.15 bits per heavy atom. The molecule has 4 heteroatoms. The molecule has 1 aliphatic rings. The quantitative estimate of drug-likeness (QED) is 0.463. The zero-order valence-corrected chi connectivity index (χ0v) is 16.1. The van der Waals surface area contributed by atoms with Gasteiger partial charge in [0.05, 0.1) is 0 Å². The van der Waals surface area contributed by atoms with Crippen LogP contribution in [0, 0.1) is 13.8 Å². The molecule has 0 fully saturated rings. The molecular weight excluding hydrogens is 346 g/mol. The van der Waals surface area contributed by atoms with Crippen molar-refractivity contribution in [2.75, 3.05) is 0 Å². The molecule has 0 spiro atoms. The Balaban J connectivity index is 0. The second-order valence-electron chi connectivity index (χ2n) is 5.37. The third-order valence-electron chi connectivity index (χ3n) is 3.96. The normalized spacial score (nSPS) is 13.5. The minimum Gasteiger partial charge on any atom is -1.00 e. The number of allylic oxidation sites excluding steroid dienone is 4. The Kier molecular flexibility index (Phi) is 9.77. The van der Waals surface area contributed by atoms with Gasteiger partial charge in [0.15, 0.2) is 0 Å². The number of aryl methyl sites for hydroxylation is 1. The van der Waals surface area contributed by atoms with E-state index in [4.69, 9.17) is 0 Å². The van der Waals surface area contributed by atoms with Crippen LogP contribution in [0.4, 0.5) is 0 Å². The molecule has 0 amide bonds. The first-order valence-electron chi connectivity index (χ1n) is 6.13. The molecule has 1 aromatic carbocycles. The van der Waals surface area contributed by atoms with Crippen molar-refractivity contribution in [1.29, 1.82) is 0 Å². The van der Waals surface area contributed by atoms with Crippen LogP contribution in [0.15, 0.2) is 39.8 Å². The van der Waals surface area contributed by atoms with Crippen molar-refractivity contribution in [3.05, 3.63) is 56.5 Å². The molecule has 0 atom stereocenters. The van der Waals surface area contributed by atoms with E-state index >= 15 is 0 Å². The first kappa shape index (κ1) is 22.6. The summed E-state index contributed by atoms with van der Waals surface area (Å²) in [6, 6.07) is 6.65. The molecule has 0 radical (unpaired) electrons. The summed E-state index contributed by atoms with van der Waals surface area (Å²) in [4.78, 5) is 0. The number of hydrogen-bond acceptors (Lipinski definition) is 0. The fourth-order valence-corrected chi connectivity index (χ4v) is 3.52. The summed E-state index contributed by atoms with van der Waals surface area (Å²) >= 11 is 2.23. The maximum Gasteiger partial charge on any atom is -1.00 e. The topological polar surface area (TPSA) is 0 Å². The summed E-state index contributed by atoms with van der Waals surface area (Å²) < 4.78 is 1.44. The largest absolute Gasteiger partial charge is 1.00 e. The van der Waals surface area contributed by atoms with Gasteiger partial charge in [0.25, 0.3) is 0 Å². The van der Waals surface area contributed by atoms with Crippen molar-refractivity contribution in [3.8, 4) is 0 Å². The van der Waals surface area contributed by atoms with Crippen LogP contribution in [-0.2, 0) is 25.9 Å². The van der Waals surface area contributed by atoms with Gasteiger partial charge in [-0.2, -0.15) is 0 Å². The Labute approximate surface area is 153 Å². The molecule has 1 aromatic rings. The van der Waals surface area contributed by atoms with Crippen LogP contribution >= 0.6 is 0 Å². The fourth-order valence-electron chi connectivity index (χ4n) is 2.69. The first-order chi connectivity index (χ1) is 7.94. The van der Waals surface area contributed by atoms with E-state index in [1.165, 1.54) is 20.6 Å². The van der Waals surface area contributed by atoms with Crippen molar-refractivity contribution in [2.24, 2.45) is 0 Å². The number of halogens is 3. The smallest absolute Gasteiger partial charge is 1.00 e. The van der Waals surface area contributed by atoms with Crippen molar-refractivity contribution in [2.45, 2.75) is 39.5 Å². The molecule has 0 aliphatic heterocycles. The van der Waals surface area contributed by atoms with Gasteiger partial charge in [-0.3, -0.25) is 0 Å². The molecule has 1 aliphatic carbocycles. The molecule has 0 heterocycles. The van der Waals surface area contributed by atoms with E-state index in [1.54, 1.807) is 5.57 Å². The summed E-state index contributed by atoms with van der Waals surface area (Å²) in [5.41, 5.74) is 6.00. The maximum atomic E-state index is 2.35. The summed E-state index contributed by atoms with van der Waals surface area (Å²) in [7, 11) is 0. The van der Waals surface area contributed by atoms with E-state index < -0.39 is 0 Å². The SMILES string of the molecule is Cc1cccc(C(C)(C)C2=[C]([Ti+3])C=CC2)c1C.[Cl-].[Cl-].[Cl-]. The zero-order chi connectivity index (χ0) is 12.6. The van der Waals surface area contributed by atoms with E-state index in [1.807, 2.05) is 0 Å². The van der Waals surface area contributed by atoms with Gasteiger partial charge < -0.3 is 37.2 Å². The van der Waals surface area contributed by atoms with Crippen molar-refractivity contribution >= 4 is 0 Å². The minimum absolute atomic E-state index is 0. The number of rotatable bonds is 2. The molecule has 0 bridgehead atoms. The molecule has 0 saturated heterocycles. The predicted octanol–water partition coefficient (Wildman–Crippen LogP) is -4.65. The summed E-state index contributed by atoms with van der Waals surface area (Å²) in [5, 5.41) is 0. The maximum absolute atomic E-state index is 2.35. The molecule has 2 rings (SSSR count). The molecule has 0 N–H and O–H groups in total. The third-order valence-corrected chi connectivity index (χ3v) is 4.70. The molecule has 0 unspecified atom stereocenters. The predicted molar refractivity (Wildman–Crippen MR) is 69.7 cm³/mol. The summed E-state index contributed by atoms with van der Waals surface area (Å²) in [6.45, 7) is 9.13. The third kappa shape index (κ3) is 4.15. The molecule has 108 valence electrons. The van der Waals surface area contributed by atoms with Crippen LogP contribution in [0.25, 0.3) is 0 Å². The van der Waals surface area contributed by atoms with Gasteiger partial charge in [-0.05, 0) is 0 Å². The van der Waals surface area contributed by atoms with Crippen LogP contribution in [0.5, 0.6) is 0 Å². The second kappa shape index (κ2) is 8.66. The summed E-state index contributed by atoms with van der Waals surface area (Å²) in [6.07, 6.45) is 5.63. The van der Waals surface area contributed by atoms with Crippen molar-refractivity contribution < 1.29 is 57.7 Å². The first-order valence-corrected chi connectivity index (χ1v) is 6.91. The molecule has 0 nitrogen and oxygen atoms in total. The van der Waals surface area contributed by atoms with E-state index in [2.05, 4.69) is 78.5 Å². The monoisotopic (exact) mass is 364 g/mol. The van der Waals surface area contributed by atoms with Crippen LogP contribution in [0.2, 0.25) is 0 Å². The van der Waals surface area contributed by atoms with Gasteiger partial charge in [0.2, 0.25) is 0 Å². The Morgan fingerprint density at radius 2 is 1.65 bits per heavy atom. The van der Waals surface area contributed by atoms with E-state index in [9.17, 15) is 0 Å².